The van der Waals surface area contributed by atoms with Crippen molar-refractivity contribution < 1.29 is 9.66 Å². The summed E-state index contributed by atoms with van der Waals surface area (Å²) >= 11 is 0. The second kappa shape index (κ2) is 6.11. The van der Waals surface area contributed by atoms with Gasteiger partial charge in [0.2, 0.25) is 5.65 Å². The van der Waals surface area contributed by atoms with Crippen LogP contribution in [-0.4, -0.2) is 39.3 Å². The molecule has 0 bridgehead atoms. The Morgan fingerprint density at radius 3 is 3.10 bits per heavy atom. The third-order valence-electron chi connectivity index (χ3n) is 2.43. The van der Waals surface area contributed by atoms with Crippen LogP contribution in [0, 0.1) is 10.1 Å². The molecule has 0 aromatic carbocycles. The largest absolute Gasteiger partial charge is 0.375 e. The predicted octanol–water partition coefficient (Wildman–Crippen LogP) is 1.64. The standard InChI is InChI=1S/C12H15N5O3/c1-9(2)8-20-6-5-13-10-3-4-11-14-7-12(17(18)19)16(11)15-10/h3-4,7H,1,5-6,8H2,2H3,(H,13,15). The Kier molecular flexibility index (Phi) is 4.26. The van der Waals surface area contributed by atoms with Gasteiger partial charge in [-0.15, -0.1) is 0 Å². The smallest absolute Gasteiger partial charge is 0.368 e. The Hall–Kier alpha value is -2.48. The van der Waals surface area contributed by atoms with Crippen molar-refractivity contribution in [2.75, 3.05) is 25.1 Å². The van der Waals surface area contributed by atoms with Crippen molar-refractivity contribution in [2.45, 2.75) is 6.92 Å². The summed E-state index contributed by atoms with van der Waals surface area (Å²) in [6, 6.07) is 3.38. The molecule has 0 fully saturated rings. The van der Waals surface area contributed by atoms with Crippen LogP contribution < -0.4 is 5.32 Å². The van der Waals surface area contributed by atoms with Crippen molar-refractivity contribution >= 4 is 17.3 Å². The maximum Gasteiger partial charge on any atom is 0.368 e. The lowest BCUT2D eigenvalue weighted by atomic mass is 10.4. The summed E-state index contributed by atoms with van der Waals surface area (Å²) in [7, 11) is 0. The fourth-order valence-corrected chi connectivity index (χ4v) is 1.58. The van der Waals surface area contributed by atoms with E-state index in [1.807, 2.05) is 6.92 Å². The molecule has 2 heterocycles. The van der Waals surface area contributed by atoms with Crippen LogP contribution in [0.15, 0.2) is 30.5 Å². The van der Waals surface area contributed by atoms with Gasteiger partial charge >= 0.3 is 5.82 Å². The second-order valence-electron chi connectivity index (χ2n) is 4.30. The van der Waals surface area contributed by atoms with Gasteiger partial charge in [0.1, 0.15) is 6.20 Å². The summed E-state index contributed by atoms with van der Waals surface area (Å²) in [5.41, 5.74) is 1.39. The van der Waals surface area contributed by atoms with E-state index in [4.69, 9.17) is 4.74 Å². The quantitative estimate of drug-likeness (QED) is 0.358. The van der Waals surface area contributed by atoms with Crippen LogP contribution in [-0.2, 0) is 4.74 Å². The van der Waals surface area contributed by atoms with E-state index in [1.54, 1.807) is 12.1 Å². The lowest BCUT2D eigenvalue weighted by Crippen LogP contribution is -2.12. The van der Waals surface area contributed by atoms with Gasteiger partial charge in [0.05, 0.1) is 13.2 Å². The molecule has 106 valence electrons. The first kappa shape index (κ1) is 13.9. The van der Waals surface area contributed by atoms with Gasteiger partial charge in [-0.2, -0.15) is 0 Å². The van der Waals surface area contributed by atoms with E-state index in [0.717, 1.165) is 5.57 Å². The molecule has 0 amide bonds. The number of nitro groups is 1. The second-order valence-corrected chi connectivity index (χ2v) is 4.30. The molecule has 0 saturated carbocycles. The van der Waals surface area contributed by atoms with Crippen molar-refractivity contribution in [1.29, 1.82) is 0 Å². The number of nitrogens with one attached hydrogen (secondary N) is 1. The van der Waals surface area contributed by atoms with Gasteiger partial charge in [0.15, 0.2) is 5.82 Å². The molecule has 0 atom stereocenters. The molecular formula is C12H15N5O3. The Balaban J connectivity index is 1.98. The fraction of sp³-hybridized carbons (Fsp3) is 0.333. The zero-order valence-electron chi connectivity index (χ0n) is 11.1. The molecule has 0 aliphatic rings. The van der Waals surface area contributed by atoms with Crippen LogP contribution in [0.3, 0.4) is 0 Å². The third-order valence-corrected chi connectivity index (χ3v) is 2.43. The Bertz CT molecular complexity index is 637. The number of imidazole rings is 1. The van der Waals surface area contributed by atoms with Crippen LogP contribution in [0.5, 0.6) is 0 Å². The van der Waals surface area contributed by atoms with Gasteiger partial charge in [-0.05, 0) is 17.9 Å². The molecule has 2 aromatic rings. The zero-order valence-corrected chi connectivity index (χ0v) is 11.1. The van der Waals surface area contributed by atoms with Gasteiger partial charge in [0.25, 0.3) is 0 Å². The number of rotatable bonds is 7. The summed E-state index contributed by atoms with van der Waals surface area (Å²) in [6.07, 6.45) is 1.18. The number of anilines is 1. The molecule has 0 aliphatic heterocycles. The van der Waals surface area contributed by atoms with Crippen molar-refractivity contribution in [3.8, 4) is 0 Å². The number of ether oxygens (including phenoxy) is 1. The van der Waals surface area contributed by atoms with E-state index in [0.29, 0.717) is 31.2 Å². The van der Waals surface area contributed by atoms with Crippen LogP contribution in [0.2, 0.25) is 0 Å². The predicted molar refractivity (Wildman–Crippen MR) is 73.8 cm³/mol. The normalized spacial score (nSPS) is 10.7. The average Bonchev–Trinajstić information content (AvgIpc) is 2.81. The number of hydrogen-bond donors (Lipinski definition) is 1. The zero-order chi connectivity index (χ0) is 14.5. The monoisotopic (exact) mass is 277 g/mol. The molecule has 2 aromatic heterocycles. The first-order valence-electron chi connectivity index (χ1n) is 6.03. The van der Waals surface area contributed by atoms with Gasteiger partial charge < -0.3 is 20.2 Å². The first-order valence-corrected chi connectivity index (χ1v) is 6.03. The summed E-state index contributed by atoms with van der Waals surface area (Å²) in [5.74, 6) is 0.361. The molecule has 8 heteroatoms. The molecule has 2 rings (SSSR count). The van der Waals surface area contributed by atoms with E-state index in [2.05, 4.69) is 22.0 Å². The lowest BCUT2D eigenvalue weighted by Gasteiger charge is -2.05. The van der Waals surface area contributed by atoms with Crippen LogP contribution in [0.1, 0.15) is 6.92 Å². The average molecular weight is 277 g/mol. The van der Waals surface area contributed by atoms with Crippen molar-refractivity contribution in [3.63, 3.8) is 0 Å². The highest BCUT2D eigenvalue weighted by Crippen LogP contribution is 2.14. The summed E-state index contributed by atoms with van der Waals surface area (Å²) < 4.78 is 6.53. The minimum absolute atomic E-state index is 0.165. The van der Waals surface area contributed by atoms with Crippen LogP contribution in [0.25, 0.3) is 5.65 Å². The van der Waals surface area contributed by atoms with E-state index >= 15 is 0 Å². The van der Waals surface area contributed by atoms with Crippen LogP contribution >= 0.6 is 0 Å². The molecule has 0 aliphatic carbocycles. The van der Waals surface area contributed by atoms with Gasteiger partial charge in [0, 0.05) is 12.6 Å². The molecule has 8 nitrogen and oxygen atoms in total. The van der Waals surface area contributed by atoms with Crippen LogP contribution in [0.4, 0.5) is 11.6 Å². The van der Waals surface area contributed by atoms with Gasteiger partial charge in [-0.3, -0.25) is 0 Å². The fourth-order valence-electron chi connectivity index (χ4n) is 1.58. The van der Waals surface area contributed by atoms with E-state index in [9.17, 15) is 10.1 Å². The maximum absolute atomic E-state index is 10.8. The minimum atomic E-state index is -0.521. The highest BCUT2D eigenvalue weighted by Gasteiger charge is 2.15. The Morgan fingerprint density at radius 1 is 1.60 bits per heavy atom. The molecule has 0 unspecified atom stereocenters. The summed E-state index contributed by atoms with van der Waals surface area (Å²) in [4.78, 5) is 14.2. The summed E-state index contributed by atoms with van der Waals surface area (Å²) in [6.45, 7) is 7.19. The highest BCUT2D eigenvalue weighted by atomic mass is 16.6. The van der Waals surface area contributed by atoms with Crippen molar-refractivity contribution in [2.24, 2.45) is 0 Å². The molecule has 0 saturated heterocycles. The lowest BCUT2D eigenvalue weighted by molar-refractivity contribution is -0.391. The number of hydrogen-bond acceptors (Lipinski definition) is 6. The molecule has 20 heavy (non-hydrogen) atoms. The van der Waals surface area contributed by atoms with Crippen molar-refractivity contribution in [3.05, 3.63) is 40.6 Å². The minimum Gasteiger partial charge on any atom is -0.375 e. The first-order chi connectivity index (χ1) is 9.58. The SMILES string of the molecule is C=C(C)COCCNc1ccc2ncc([N+](=O)[O-])n2n1. The Morgan fingerprint density at radius 2 is 2.40 bits per heavy atom. The Labute approximate surface area is 115 Å². The highest BCUT2D eigenvalue weighted by molar-refractivity contribution is 5.48. The number of fused-ring (bicyclic) bond motifs is 1. The number of aromatic nitrogens is 3. The molecule has 0 spiro atoms. The van der Waals surface area contributed by atoms with E-state index < -0.39 is 4.92 Å². The van der Waals surface area contributed by atoms with E-state index in [-0.39, 0.29) is 5.82 Å². The number of nitrogens with zero attached hydrogens (tertiary/aromatic N) is 4. The van der Waals surface area contributed by atoms with Crippen molar-refractivity contribution in [1.82, 2.24) is 14.6 Å². The van der Waals surface area contributed by atoms with Gasteiger partial charge in [-0.1, -0.05) is 21.8 Å². The molecule has 1 N–H and O–H groups in total. The van der Waals surface area contributed by atoms with E-state index in [1.165, 1.54) is 10.7 Å². The molecular weight excluding hydrogens is 262 g/mol. The molecule has 0 radical (unpaired) electrons. The van der Waals surface area contributed by atoms with Gasteiger partial charge in [-0.25, -0.2) is 4.98 Å². The third kappa shape index (κ3) is 3.29. The topological polar surface area (TPSA) is 94.6 Å². The maximum atomic E-state index is 10.8. The summed E-state index contributed by atoms with van der Waals surface area (Å²) in [5, 5.41) is 18.0.